The van der Waals surface area contributed by atoms with E-state index in [1.807, 2.05) is 69.3 Å². The summed E-state index contributed by atoms with van der Waals surface area (Å²) in [6.45, 7) is 10.7. The molecule has 0 atom stereocenters. The molecule has 208 valence electrons. The van der Waals surface area contributed by atoms with Crippen LogP contribution in [0.15, 0.2) is 99.8 Å². The van der Waals surface area contributed by atoms with E-state index in [0.29, 0.717) is 47.9 Å². The SMILES string of the molecule is C=CCc1cc(C=Nn2c(C(C)C)nc3ccc(Br)cc3c2=O)cc(OCC)c1OCc1cccc2ccccc12. The van der Waals surface area contributed by atoms with Crippen molar-refractivity contribution in [1.29, 1.82) is 0 Å². The summed E-state index contributed by atoms with van der Waals surface area (Å²) in [5, 5.41) is 7.44. The van der Waals surface area contributed by atoms with Crippen LogP contribution in [0.4, 0.5) is 0 Å². The molecule has 0 aliphatic rings. The molecule has 0 aliphatic heterocycles. The monoisotopic (exact) mass is 609 g/mol. The van der Waals surface area contributed by atoms with Gasteiger partial charge in [0.05, 0.1) is 23.7 Å². The lowest BCUT2D eigenvalue weighted by Crippen LogP contribution is -2.23. The first kappa shape index (κ1) is 28.3. The second-order valence-corrected chi connectivity index (χ2v) is 10.9. The molecule has 0 saturated heterocycles. The number of aromatic nitrogens is 2. The van der Waals surface area contributed by atoms with Gasteiger partial charge in [0.15, 0.2) is 11.5 Å². The van der Waals surface area contributed by atoms with E-state index in [-0.39, 0.29) is 11.5 Å². The maximum absolute atomic E-state index is 13.5. The van der Waals surface area contributed by atoms with Crippen LogP contribution >= 0.6 is 15.9 Å². The highest BCUT2D eigenvalue weighted by Crippen LogP contribution is 2.35. The minimum absolute atomic E-state index is 0.00643. The number of allylic oxidation sites excluding steroid dienone is 1. The Balaban J connectivity index is 1.54. The first-order valence-electron chi connectivity index (χ1n) is 13.7. The van der Waals surface area contributed by atoms with Crippen LogP contribution in [0.25, 0.3) is 21.7 Å². The van der Waals surface area contributed by atoms with Gasteiger partial charge in [-0.15, -0.1) is 6.58 Å². The third kappa shape index (κ3) is 6.10. The Hall–Kier alpha value is -4.23. The highest BCUT2D eigenvalue weighted by atomic mass is 79.9. The molecule has 1 aromatic heterocycles. The number of hydrogen-bond acceptors (Lipinski definition) is 5. The predicted molar refractivity (Wildman–Crippen MR) is 171 cm³/mol. The molecule has 0 unspecified atom stereocenters. The van der Waals surface area contributed by atoms with Gasteiger partial charge in [-0.3, -0.25) is 4.79 Å². The van der Waals surface area contributed by atoms with Crippen molar-refractivity contribution in [3.05, 3.63) is 123 Å². The molecule has 41 heavy (non-hydrogen) atoms. The van der Waals surface area contributed by atoms with Crippen molar-refractivity contribution in [3.63, 3.8) is 0 Å². The smallest absolute Gasteiger partial charge is 0.282 e. The third-order valence-electron chi connectivity index (χ3n) is 6.74. The molecule has 7 heteroatoms. The Kier molecular flexibility index (Phi) is 8.64. The average molecular weight is 611 g/mol. The first-order valence-corrected chi connectivity index (χ1v) is 14.5. The van der Waals surface area contributed by atoms with Gasteiger partial charge in [0.25, 0.3) is 5.56 Å². The zero-order chi connectivity index (χ0) is 28.9. The van der Waals surface area contributed by atoms with Gasteiger partial charge in [-0.2, -0.15) is 9.78 Å². The van der Waals surface area contributed by atoms with Gasteiger partial charge in [-0.05, 0) is 65.6 Å². The molecule has 4 aromatic carbocycles. The Morgan fingerprint density at radius 3 is 2.59 bits per heavy atom. The molecule has 0 aliphatic carbocycles. The zero-order valence-corrected chi connectivity index (χ0v) is 25.0. The lowest BCUT2D eigenvalue weighted by Gasteiger charge is -2.17. The van der Waals surface area contributed by atoms with E-state index >= 15 is 0 Å². The van der Waals surface area contributed by atoms with Crippen LogP contribution in [-0.4, -0.2) is 22.5 Å². The van der Waals surface area contributed by atoms with E-state index in [0.717, 1.165) is 26.5 Å². The Morgan fingerprint density at radius 1 is 1.00 bits per heavy atom. The normalized spacial score (nSPS) is 11.5. The molecule has 0 amide bonds. The number of hydrogen-bond donors (Lipinski definition) is 0. The van der Waals surface area contributed by atoms with Crippen LogP contribution in [0, 0.1) is 0 Å². The fourth-order valence-electron chi connectivity index (χ4n) is 4.84. The minimum atomic E-state index is -0.220. The number of nitrogens with zero attached hydrogens (tertiary/aromatic N) is 3. The lowest BCUT2D eigenvalue weighted by atomic mass is 10.0. The molecule has 0 fully saturated rings. The number of benzene rings is 4. The second kappa shape index (κ2) is 12.5. The van der Waals surface area contributed by atoms with E-state index < -0.39 is 0 Å². The number of fused-ring (bicyclic) bond motifs is 2. The third-order valence-corrected chi connectivity index (χ3v) is 7.24. The number of ether oxygens (including phenoxy) is 2. The molecular weight excluding hydrogens is 578 g/mol. The Labute approximate surface area is 248 Å². The summed E-state index contributed by atoms with van der Waals surface area (Å²) in [6, 6.07) is 23.9. The Bertz CT molecular complexity index is 1820. The summed E-state index contributed by atoms with van der Waals surface area (Å²) in [7, 11) is 0. The lowest BCUT2D eigenvalue weighted by molar-refractivity contribution is 0.268. The maximum Gasteiger partial charge on any atom is 0.282 e. The fourth-order valence-corrected chi connectivity index (χ4v) is 5.20. The molecular formula is C34H32BrN3O3. The second-order valence-electron chi connectivity index (χ2n) is 10.0. The summed E-state index contributed by atoms with van der Waals surface area (Å²) in [6.07, 6.45) is 4.08. The van der Waals surface area contributed by atoms with Crippen LogP contribution in [0.2, 0.25) is 0 Å². The van der Waals surface area contributed by atoms with Gasteiger partial charge in [-0.1, -0.05) is 78.3 Å². The highest BCUT2D eigenvalue weighted by Gasteiger charge is 2.16. The zero-order valence-electron chi connectivity index (χ0n) is 23.4. The standard InChI is InChI=1S/C34H32BrN3O3/c1-5-10-25-17-23(20-36-38-33(22(3)4)37-30-16-15-27(35)19-29(30)34(38)39)18-31(40-6-2)32(25)41-21-26-13-9-12-24-11-7-8-14-28(24)26/h5,7-9,11-20,22H,1,6,10,21H2,2-4H3. The molecule has 0 spiro atoms. The van der Waals surface area contributed by atoms with Crippen LogP contribution in [0.3, 0.4) is 0 Å². The van der Waals surface area contributed by atoms with E-state index in [2.05, 4.69) is 51.9 Å². The quantitative estimate of drug-likeness (QED) is 0.119. The van der Waals surface area contributed by atoms with Crippen molar-refractivity contribution in [2.75, 3.05) is 6.61 Å². The average Bonchev–Trinajstić information content (AvgIpc) is 2.96. The van der Waals surface area contributed by atoms with Crippen molar-refractivity contribution < 1.29 is 9.47 Å². The number of rotatable bonds is 10. The highest BCUT2D eigenvalue weighted by molar-refractivity contribution is 9.10. The fraction of sp³-hybridized carbons (Fsp3) is 0.206. The molecule has 0 saturated carbocycles. The summed E-state index contributed by atoms with van der Waals surface area (Å²) < 4.78 is 14.7. The van der Waals surface area contributed by atoms with Crippen molar-refractivity contribution >= 4 is 43.8 Å². The summed E-state index contributed by atoms with van der Waals surface area (Å²) in [4.78, 5) is 18.2. The molecule has 0 bridgehead atoms. The van der Waals surface area contributed by atoms with Gasteiger partial charge < -0.3 is 9.47 Å². The van der Waals surface area contributed by atoms with Crippen LogP contribution in [-0.2, 0) is 13.0 Å². The molecule has 5 rings (SSSR count). The molecule has 0 radical (unpaired) electrons. The van der Waals surface area contributed by atoms with Gasteiger partial charge in [0.1, 0.15) is 12.4 Å². The summed E-state index contributed by atoms with van der Waals surface area (Å²) >= 11 is 3.46. The van der Waals surface area contributed by atoms with E-state index in [1.54, 1.807) is 12.3 Å². The van der Waals surface area contributed by atoms with Crippen molar-refractivity contribution in [3.8, 4) is 11.5 Å². The van der Waals surface area contributed by atoms with Crippen LogP contribution < -0.4 is 15.0 Å². The summed E-state index contributed by atoms with van der Waals surface area (Å²) in [5.41, 5.74) is 3.22. The number of halogens is 1. The van der Waals surface area contributed by atoms with Gasteiger partial charge >= 0.3 is 0 Å². The van der Waals surface area contributed by atoms with Crippen molar-refractivity contribution in [1.82, 2.24) is 9.66 Å². The van der Waals surface area contributed by atoms with Crippen LogP contribution in [0.5, 0.6) is 11.5 Å². The minimum Gasteiger partial charge on any atom is -0.490 e. The van der Waals surface area contributed by atoms with Gasteiger partial charge in [-0.25, -0.2) is 4.98 Å². The Morgan fingerprint density at radius 2 is 1.80 bits per heavy atom. The molecule has 1 heterocycles. The van der Waals surface area contributed by atoms with Crippen molar-refractivity contribution in [2.45, 2.75) is 39.7 Å². The van der Waals surface area contributed by atoms with E-state index in [9.17, 15) is 4.79 Å². The topological polar surface area (TPSA) is 65.7 Å². The van der Waals surface area contributed by atoms with Crippen molar-refractivity contribution in [2.24, 2.45) is 5.10 Å². The van der Waals surface area contributed by atoms with E-state index in [1.165, 1.54) is 10.1 Å². The molecule has 6 nitrogen and oxygen atoms in total. The van der Waals surface area contributed by atoms with Gasteiger partial charge in [0.2, 0.25) is 0 Å². The van der Waals surface area contributed by atoms with E-state index in [4.69, 9.17) is 14.5 Å². The van der Waals surface area contributed by atoms with Gasteiger partial charge in [0, 0.05) is 16.0 Å². The molecule has 5 aromatic rings. The van der Waals surface area contributed by atoms with Crippen LogP contribution in [0.1, 0.15) is 49.2 Å². The molecule has 0 N–H and O–H groups in total. The maximum atomic E-state index is 13.5. The first-order chi connectivity index (χ1) is 19.9. The largest absolute Gasteiger partial charge is 0.490 e. The summed E-state index contributed by atoms with van der Waals surface area (Å²) in [5.74, 6) is 1.88. The predicted octanol–water partition coefficient (Wildman–Crippen LogP) is 8.02.